The fraction of sp³-hybridized carbons (Fsp3) is 0.667. The van der Waals surface area contributed by atoms with E-state index in [9.17, 15) is 33.6 Å². The number of rotatable bonds is 15. The molecule has 0 aromatic carbocycles. The number of primary amides is 1. The molecule has 0 aliphatic heterocycles. The molecule has 42 heavy (non-hydrogen) atoms. The Kier molecular flexibility index (Phi) is 23.2. The molecule has 0 fully saturated rings. The van der Waals surface area contributed by atoms with Crippen molar-refractivity contribution in [1.29, 1.82) is 0 Å². The molecule has 0 spiro atoms. The van der Waals surface area contributed by atoms with Crippen molar-refractivity contribution in [2.24, 2.45) is 40.1 Å². The number of hydrogen-bond donors (Lipinski definition) is 11. The number of carbonyl (C=O) groups is 7. The zero-order chi connectivity index (χ0) is 33.7. The van der Waals surface area contributed by atoms with Gasteiger partial charge in [0, 0.05) is 6.42 Å². The molecule has 0 aliphatic carbocycles. The summed E-state index contributed by atoms with van der Waals surface area (Å²) in [5.74, 6) is -6.98. The van der Waals surface area contributed by atoms with E-state index in [1.807, 2.05) is 0 Å². The zero-order valence-electron chi connectivity index (χ0n) is 23.0. The molecule has 0 rings (SSSR count). The monoisotopic (exact) mass is 615 g/mol. The van der Waals surface area contributed by atoms with Crippen LogP contribution in [0.4, 0.5) is 0 Å². The van der Waals surface area contributed by atoms with Crippen LogP contribution in [0.2, 0.25) is 0 Å². The number of ether oxygens (including phenoxy) is 3. The van der Waals surface area contributed by atoms with Gasteiger partial charge in [-0.15, -0.1) is 0 Å². The van der Waals surface area contributed by atoms with Crippen LogP contribution < -0.4 is 40.1 Å². The highest BCUT2D eigenvalue weighted by Gasteiger charge is 2.30. The molecule has 0 bridgehead atoms. The van der Waals surface area contributed by atoms with Gasteiger partial charge in [0.1, 0.15) is 49.0 Å². The fourth-order valence-corrected chi connectivity index (χ4v) is 1.69. The average Bonchev–Trinajstić information content (AvgIpc) is 2.92. The van der Waals surface area contributed by atoms with Crippen LogP contribution in [0.5, 0.6) is 0 Å². The van der Waals surface area contributed by atoms with Crippen molar-refractivity contribution in [3.63, 3.8) is 0 Å². The molecule has 0 aromatic heterocycles. The number of esters is 4. The zero-order valence-corrected chi connectivity index (χ0v) is 23.0. The summed E-state index contributed by atoms with van der Waals surface area (Å²) in [4.78, 5) is 75.6. The Morgan fingerprint density at radius 3 is 1.50 bits per heavy atom. The van der Waals surface area contributed by atoms with E-state index in [1.165, 1.54) is 13.8 Å². The van der Waals surface area contributed by atoms with E-state index >= 15 is 0 Å². The number of aliphatic hydroxyl groups excluding tert-OH is 2. The summed E-state index contributed by atoms with van der Waals surface area (Å²) in [7, 11) is 0. The first-order valence-electron chi connectivity index (χ1n) is 11.8. The van der Waals surface area contributed by atoms with Crippen molar-refractivity contribution in [3.05, 3.63) is 0 Å². The number of hydrogen-bond acceptors (Lipinski definition) is 18. The lowest BCUT2D eigenvalue weighted by atomic mass is 10.1. The summed E-state index contributed by atoms with van der Waals surface area (Å²) in [5, 5.41) is 33.3. The Morgan fingerprint density at radius 1 is 0.667 bits per heavy atom. The first kappa shape index (κ1) is 42.6. The van der Waals surface area contributed by atoms with E-state index in [2.05, 4.69) is 9.47 Å². The summed E-state index contributed by atoms with van der Waals surface area (Å²) in [6.07, 6.45) is -1.39. The van der Waals surface area contributed by atoms with Gasteiger partial charge in [0.2, 0.25) is 5.91 Å². The maximum absolute atomic E-state index is 11.7. The summed E-state index contributed by atoms with van der Waals surface area (Å²) in [6.45, 7) is 1.05. The number of carboxylic acid groups (broad SMARTS) is 2. The first-order valence-corrected chi connectivity index (χ1v) is 11.8. The number of nitrogens with two attached hydrogens (primary N) is 7. The van der Waals surface area contributed by atoms with Crippen molar-refractivity contribution in [1.82, 2.24) is 0 Å². The van der Waals surface area contributed by atoms with Gasteiger partial charge in [0.15, 0.2) is 0 Å². The molecular formula is C21H41N7O14. The van der Waals surface area contributed by atoms with Crippen LogP contribution in [0.25, 0.3) is 0 Å². The lowest BCUT2D eigenvalue weighted by molar-refractivity contribution is -0.165. The molecule has 0 aromatic rings. The van der Waals surface area contributed by atoms with Crippen LogP contribution in [-0.2, 0) is 47.8 Å². The van der Waals surface area contributed by atoms with E-state index < -0.39 is 104 Å². The molecule has 244 valence electrons. The SMILES string of the molecule is C[C@@H](OC(=O)[C@@H](N)CO)[C@H](N)C(=O)OC(=O)[C@@H](N)CCC(N)=O.C[C@H](N)C(=O)O.N[C@@H](COC(=O)[C@@H](N)CO)C(=O)O. The summed E-state index contributed by atoms with van der Waals surface area (Å²) < 4.78 is 13.6. The predicted octanol–water partition coefficient (Wildman–Crippen LogP) is -7.09. The number of aliphatic carboxylic acids is 2. The van der Waals surface area contributed by atoms with Crippen molar-refractivity contribution in [3.8, 4) is 0 Å². The van der Waals surface area contributed by atoms with Gasteiger partial charge < -0.3 is 74.8 Å². The molecule has 0 heterocycles. The van der Waals surface area contributed by atoms with Crippen LogP contribution in [0.1, 0.15) is 26.7 Å². The van der Waals surface area contributed by atoms with Crippen LogP contribution in [0.3, 0.4) is 0 Å². The highest BCUT2D eigenvalue weighted by molar-refractivity contribution is 5.91. The van der Waals surface area contributed by atoms with E-state index in [0.717, 1.165) is 0 Å². The van der Waals surface area contributed by atoms with E-state index in [0.29, 0.717) is 0 Å². The minimum absolute atomic E-state index is 0.0907. The Labute approximate surface area is 239 Å². The van der Waals surface area contributed by atoms with Gasteiger partial charge in [-0.3, -0.25) is 24.0 Å². The van der Waals surface area contributed by atoms with Crippen molar-refractivity contribution in [2.45, 2.75) is 69.0 Å². The van der Waals surface area contributed by atoms with Crippen molar-refractivity contribution >= 4 is 41.7 Å². The number of amides is 1. The van der Waals surface area contributed by atoms with Crippen molar-refractivity contribution in [2.75, 3.05) is 19.8 Å². The second-order valence-corrected chi connectivity index (χ2v) is 8.30. The van der Waals surface area contributed by atoms with Crippen molar-refractivity contribution < 1.29 is 68.2 Å². The standard InChI is InChI=1S/C12H22N4O7.C6H12N2O5.C3H7NO2/c1-5(22-11(20)7(14)4-17)9(16)12(21)23-10(19)6(13)2-3-8(15)18;7-3(1-9)6(12)13-2-4(8)5(10)11;1-2(4)3(5)6/h5-7,9,17H,2-4,13-14,16H2,1H3,(H2,15,18);3-4,9H,1-2,7-8H2,(H,10,11);2H,4H2,1H3,(H,5,6)/t5-,6+,7+,9+;3-,4-;2-/m100/s1. The lowest BCUT2D eigenvalue weighted by Crippen LogP contribution is -2.48. The van der Waals surface area contributed by atoms with Gasteiger partial charge in [0.05, 0.1) is 13.2 Å². The third kappa shape index (κ3) is 21.0. The van der Waals surface area contributed by atoms with Crippen LogP contribution >= 0.6 is 0 Å². The van der Waals surface area contributed by atoms with Gasteiger partial charge in [-0.1, -0.05) is 0 Å². The molecule has 0 saturated heterocycles. The molecule has 1 amide bonds. The average molecular weight is 616 g/mol. The number of carbonyl (C=O) groups excluding carboxylic acids is 5. The number of carboxylic acids is 2. The van der Waals surface area contributed by atoms with Gasteiger partial charge in [-0.2, -0.15) is 0 Å². The van der Waals surface area contributed by atoms with Gasteiger partial charge in [0.25, 0.3) is 0 Å². The minimum Gasteiger partial charge on any atom is -0.480 e. The fourth-order valence-electron chi connectivity index (χ4n) is 1.69. The topological polar surface area (TPSA) is 410 Å². The van der Waals surface area contributed by atoms with Gasteiger partial charge in [-0.25, -0.2) is 9.59 Å². The Hall–Kier alpha value is -3.83. The molecular weight excluding hydrogens is 574 g/mol. The molecule has 21 nitrogen and oxygen atoms in total. The Balaban J connectivity index is -0.000000667. The van der Waals surface area contributed by atoms with Gasteiger partial charge >= 0.3 is 35.8 Å². The predicted molar refractivity (Wildman–Crippen MR) is 139 cm³/mol. The molecule has 18 N–H and O–H groups in total. The second-order valence-electron chi connectivity index (χ2n) is 8.30. The van der Waals surface area contributed by atoms with E-state index in [-0.39, 0.29) is 12.8 Å². The third-order valence-corrected chi connectivity index (χ3v) is 4.40. The highest BCUT2D eigenvalue weighted by atomic mass is 16.6. The Bertz CT molecular complexity index is 905. The van der Waals surface area contributed by atoms with Crippen LogP contribution in [-0.4, -0.2) is 124 Å². The van der Waals surface area contributed by atoms with E-state index in [1.54, 1.807) is 0 Å². The van der Waals surface area contributed by atoms with E-state index in [4.69, 9.17) is 65.3 Å². The highest BCUT2D eigenvalue weighted by Crippen LogP contribution is 2.04. The molecule has 0 aliphatic rings. The molecule has 0 saturated carbocycles. The summed E-state index contributed by atoms with van der Waals surface area (Å²) in [6, 6.07) is -7.11. The molecule has 7 atom stereocenters. The van der Waals surface area contributed by atoms with Gasteiger partial charge in [-0.05, 0) is 20.3 Å². The minimum atomic E-state index is -1.46. The normalized spacial score (nSPS) is 15.2. The molecule has 0 radical (unpaired) electrons. The quantitative estimate of drug-likeness (QED) is 0.0462. The second kappa shape index (κ2) is 22.8. The molecule has 21 heteroatoms. The molecule has 0 unspecified atom stereocenters. The third-order valence-electron chi connectivity index (χ3n) is 4.40. The smallest absolute Gasteiger partial charge is 0.334 e. The maximum atomic E-state index is 11.7. The van der Waals surface area contributed by atoms with Crippen LogP contribution in [0.15, 0.2) is 0 Å². The number of aliphatic hydroxyl groups is 2. The summed E-state index contributed by atoms with van der Waals surface area (Å²) in [5.41, 5.74) is 36.0. The summed E-state index contributed by atoms with van der Waals surface area (Å²) >= 11 is 0. The largest absolute Gasteiger partial charge is 0.480 e. The van der Waals surface area contributed by atoms with Crippen LogP contribution in [0, 0.1) is 0 Å². The lowest BCUT2D eigenvalue weighted by Gasteiger charge is -2.20. The maximum Gasteiger partial charge on any atom is 0.334 e. The first-order chi connectivity index (χ1) is 19.2. The Morgan fingerprint density at radius 2 is 1.12 bits per heavy atom.